The fraction of sp³-hybridized carbons (Fsp3) is 0.375. The van der Waals surface area contributed by atoms with Gasteiger partial charge in [-0.3, -0.25) is 10.1 Å². The maximum Gasteiger partial charge on any atom is 0.234 e. The number of halogens is 1. The first-order valence-corrected chi connectivity index (χ1v) is 3.78. The average Bonchev–Trinajstić information content (AvgIpc) is 2.01. The fourth-order valence-electron chi connectivity index (χ4n) is 0.505. The third-order valence-electron chi connectivity index (χ3n) is 0.990. The lowest BCUT2D eigenvalue weighted by molar-refractivity contribution is -0.120. The Labute approximate surface area is 77.2 Å². The number of hydrogen-bond acceptors (Lipinski definition) is 2. The van der Waals surface area contributed by atoms with Crippen molar-refractivity contribution < 1.29 is 4.79 Å². The topological polar surface area (TPSA) is 41.1 Å². The first kappa shape index (κ1) is 11.0. The zero-order valence-corrected chi connectivity index (χ0v) is 7.45. The van der Waals surface area contributed by atoms with Gasteiger partial charge in [0.1, 0.15) is 0 Å². The molecule has 0 unspecified atom stereocenters. The molecule has 0 heterocycles. The molecule has 0 spiro atoms. The third kappa shape index (κ3) is 7.13. The second-order valence-electron chi connectivity index (χ2n) is 2.10. The predicted molar refractivity (Wildman–Crippen MR) is 49.7 cm³/mol. The van der Waals surface area contributed by atoms with Gasteiger partial charge in [0.05, 0.1) is 19.6 Å². The van der Waals surface area contributed by atoms with Crippen molar-refractivity contribution in [3.8, 4) is 12.3 Å². The number of amides is 1. The van der Waals surface area contributed by atoms with Crippen molar-refractivity contribution in [3.63, 3.8) is 0 Å². The predicted octanol–water partition coefficient (Wildman–Crippen LogP) is 0.0779. The van der Waals surface area contributed by atoms with E-state index in [1.165, 1.54) is 0 Å². The van der Waals surface area contributed by atoms with Crippen molar-refractivity contribution in [1.29, 1.82) is 0 Å². The molecule has 0 fully saturated rings. The molecule has 0 saturated heterocycles. The van der Waals surface area contributed by atoms with Crippen LogP contribution in [0.1, 0.15) is 0 Å². The van der Waals surface area contributed by atoms with Crippen LogP contribution in [0.2, 0.25) is 0 Å². The molecular weight excluding hydrogens is 176 g/mol. The SMILES string of the molecule is C#CCNCC(=O)NCC(=C)Cl. The molecule has 0 aliphatic carbocycles. The molecule has 0 aliphatic rings. The van der Waals surface area contributed by atoms with Crippen LogP contribution in [-0.4, -0.2) is 25.5 Å². The molecule has 0 aromatic rings. The number of carbonyl (C=O) groups excluding carboxylic acids is 1. The number of hydrogen-bond donors (Lipinski definition) is 2. The molecule has 66 valence electrons. The number of terminal acetylenes is 1. The molecule has 0 aliphatic heterocycles. The summed E-state index contributed by atoms with van der Waals surface area (Å²) in [7, 11) is 0. The summed E-state index contributed by atoms with van der Waals surface area (Å²) >= 11 is 5.42. The smallest absolute Gasteiger partial charge is 0.234 e. The summed E-state index contributed by atoms with van der Waals surface area (Å²) in [6.07, 6.45) is 4.96. The van der Waals surface area contributed by atoms with Gasteiger partial charge < -0.3 is 5.32 Å². The largest absolute Gasteiger partial charge is 0.350 e. The summed E-state index contributed by atoms with van der Waals surface area (Å²) in [5.74, 6) is 2.21. The minimum atomic E-state index is -0.146. The number of rotatable bonds is 5. The maximum absolute atomic E-state index is 10.9. The van der Waals surface area contributed by atoms with E-state index in [4.69, 9.17) is 18.0 Å². The van der Waals surface area contributed by atoms with Gasteiger partial charge in [0.2, 0.25) is 5.91 Å². The monoisotopic (exact) mass is 186 g/mol. The Bertz CT molecular complexity index is 208. The molecule has 12 heavy (non-hydrogen) atoms. The molecule has 0 atom stereocenters. The summed E-state index contributed by atoms with van der Waals surface area (Å²) in [5, 5.41) is 5.68. The molecule has 4 heteroatoms. The fourth-order valence-corrected chi connectivity index (χ4v) is 0.572. The minimum absolute atomic E-state index is 0.146. The van der Waals surface area contributed by atoms with Crippen LogP contribution in [0.4, 0.5) is 0 Å². The first-order valence-electron chi connectivity index (χ1n) is 3.41. The zero-order chi connectivity index (χ0) is 9.40. The quantitative estimate of drug-likeness (QED) is 0.472. The molecule has 0 aromatic carbocycles. The highest BCUT2D eigenvalue weighted by Crippen LogP contribution is 1.91. The molecular formula is C8H11ClN2O. The van der Waals surface area contributed by atoms with Gasteiger partial charge >= 0.3 is 0 Å². The van der Waals surface area contributed by atoms with E-state index in [1.54, 1.807) is 0 Å². The van der Waals surface area contributed by atoms with Gasteiger partial charge in [-0.1, -0.05) is 24.1 Å². The van der Waals surface area contributed by atoms with Gasteiger partial charge in [-0.15, -0.1) is 6.42 Å². The Balaban J connectivity index is 3.35. The second kappa shape index (κ2) is 6.71. The summed E-state index contributed by atoms with van der Waals surface area (Å²) < 4.78 is 0. The van der Waals surface area contributed by atoms with Crippen LogP contribution in [0.15, 0.2) is 11.6 Å². The van der Waals surface area contributed by atoms with Gasteiger partial charge in [0.15, 0.2) is 0 Å². The van der Waals surface area contributed by atoms with E-state index < -0.39 is 0 Å². The van der Waals surface area contributed by atoms with Crippen molar-refractivity contribution in [1.82, 2.24) is 10.6 Å². The lowest BCUT2D eigenvalue weighted by Crippen LogP contribution is -2.34. The van der Waals surface area contributed by atoms with Crippen LogP contribution >= 0.6 is 11.6 Å². The highest BCUT2D eigenvalue weighted by atomic mass is 35.5. The van der Waals surface area contributed by atoms with E-state index in [9.17, 15) is 4.79 Å². The minimum Gasteiger partial charge on any atom is -0.350 e. The van der Waals surface area contributed by atoms with Crippen molar-refractivity contribution >= 4 is 17.5 Å². The Morgan fingerprint density at radius 2 is 2.25 bits per heavy atom. The van der Waals surface area contributed by atoms with Crippen molar-refractivity contribution in [2.45, 2.75) is 0 Å². The van der Waals surface area contributed by atoms with E-state index in [2.05, 4.69) is 23.1 Å². The van der Waals surface area contributed by atoms with Crippen LogP contribution < -0.4 is 10.6 Å². The number of nitrogens with one attached hydrogen (secondary N) is 2. The Hall–Kier alpha value is -0.980. The summed E-state index contributed by atoms with van der Waals surface area (Å²) in [5.41, 5.74) is 0. The van der Waals surface area contributed by atoms with E-state index in [1.807, 2.05) is 0 Å². The van der Waals surface area contributed by atoms with Crippen LogP contribution in [0, 0.1) is 12.3 Å². The zero-order valence-electron chi connectivity index (χ0n) is 6.69. The molecule has 1 amide bonds. The van der Waals surface area contributed by atoms with E-state index in [-0.39, 0.29) is 19.0 Å². The van der Waals surface area contributed by atoms with Gasteiger partial charge in [0, 0.05) is 5.03 Å². The van der Waals surface area contributed by atoms with Gasteiger partial charge in [-0.05, 0) is 0 Å². The lowest BCUT2D eigenvalue weighted by atomic mass is 10.5. The summed E-state index contributed by atoms with van der Waals surface area (Å²) in [6.45, 7) is 4.30. The normalized spacial score (nSPS) is 8.67. The Morgan fingerprint density at radius 1 is 1.58 bits per heavy atom. The average molecular weight is 187 g/mol. The van der Waals surface area contributed by atoms with Crippen LogP contribution in [-0.2, 0) is 4.79 Å². The van der Waals surface area contributed by atoms with Gasteiger partial charge in [-0.25, -0.2) is 0 Å². The molecule has 0 aromatic heterocycles. The van der Waals surface area contributed by atoms with Crippen LogP contribution in [0.5, 0.6) is 0 Å². The molecule has 2 N–H and O–H groups in total. The van der Waals surface area contributed by atoms with Crippen LogP contribution in [0.25, 0.3) is 0 Å². The molecule has 0 rings (SSSR count). The van der Waals surface area contributed by atoms with Crippen molar-refractivity contribution in [3.05, 3.63) is 11.6 Å². The van der Waals surface area contributed by atoms with Crippen molar-refractivity contribution in [2.24, 2.45) is 0 Å². The van der Waals surface area contributed by atoms with Crippen molar-refractivity contribution in [2.75, 3.05) is 19.6 Å². The molecule has 0 bridgehead atoms. The van der Waals surface area contributed by atoms with Crippen LogP contribution in [0.3, 0.4) is 0 Å². The number of carbonyl (C=O) groups is 1. The Morgan fingerprint density at radius 3 is 2.75 bits per heavy atom. The van der Waals surface area contributed by atoms with Gasteiger partial charge in [0.25, 0.3) is 0 Å². The van der Waals surface area contributed by atoms with E-state index in [0.29, 0.717) is 11.6 Å². The highest BCUT2D eigenvalue weighted by Gasteiger charge is 1.98. The Kier molecular flexibility index (Phi) is 6.16. The maximum atomic E-state index is 10.9. The molecule has 3 nitrogen and oxygen atoms in total. The molecule has 0 saturated carbocycles. The third-order valence-corrected chi connectivity index (χ3v) is 1.12. The second-order valence-corrected chi connectivity index (χ2v) is 2.64. The molecule has 0 radical (unpaired) electrons. The standard InChI is InChI=1S/C8H11ClN2O/c1-3-4-10-6-8(12)11-5-7(2)9/h1,10H,2,4-6H2,(H,11,12). The lowest BCUT2D eigenvalue weighted by Gasteiger charge is -2.02. The summed E-state index contributed by atoms with van der Waals surface area (Å²) in [6, 6.07) is 0. The first-order chi connectivity index (χ1) is 5.66. The van der Waals surface area contributed by atoms with E-state index >= 15 is 0 Å². The van der Waals surface area contributed by atoms with E-state index in [0.717, 1.165) is 0 Å². The van der Waals surface area contributed by atoms with Gasteiger partial charge in [-0.2, -0.15) is 0 Å². The highest BCUT2D eigenvalue weighted by molar-refractivity contribution is 6.29. The summed E-state index contributed by atoms with van der Waals surface area (Å²) in [4.78, 5) is 10.9.